The number of benzene rings is 1. The summed E-state index contributed by atoms with van der Waals surface area (Å²) in [5, 5.41) is 6.77. The van der Waals surface area contributed by atoms with Crippen molar-refractivity contribution < 1.29 is 0 Å². The summed E-state index contributed by atoms with van der Waals surface area (Å²) >= 11 is 13.8. The van der Waals surface area contributed by atoms with Crippen LogP contribution >= 0.6 is 34.5 Å². The number of aromatic nitrogens is 1. The van der Waals surface area contributed by atoms with Gasteiger partial charge in [0.2, 0.25) is 0 Å². The van der Waals surface area contributed by atoms with Crippen LogP contribution in [0.15, 0.2) is 29.1 Å². The first-order chi connectivity index (χ1) is 8.22. The van der Waals surface area contributed by atoms with Crippen molar-refractivity contribution in [3.8, 4) is 0 Å². The molecular formula is C12H12Cl2N2S. The summed E-state index contributed by atoms with van der Waals surface area (Å²) < 4.78 is 0. The molecule has 0 spiro atoms. The molecule has 0 radical (unpaired) electrons. The minimum absolute atomic E-state index is 0.00236. The van der Waals surface area contributed by atoms with Gasteiger partial charge in [0.25, 0.3) is 0 Å². The molecule has 2 aromatic rings. The summed E-state index contributed by atoms with van der Waals surface area (Å²) in [6.45, 7) is 2.89. The van der Waals surface area contributed by atoms with Gasteiger partial charge in [-0.2, -0.15) is 0 Å². The quantitative estimate of drug-likeness (QED) is 0.913. The van der Waals surface area contributed by atoms with Crippen LogP contribution in [0.1, 0.15) is 24.2 Å². The molecule has 1 aromatic heterocycles. The Morgan fingerprint density at radius 1 is 1.41 bits per heavy atom. The SMILES string of the molecule is CCNC(c1cscn1)c1cc(Cl)ccc1Cl. The highest BCUT2D eigenvalue weighted by atomic mass is 35.5. The molecule has 1 heterocycles. The second-order valence-corrected chi connectivity index (χ2v) is 5.13. The van der Waals surface area contributed by atoms with Crippen molar-refractivity contribution in [1.29, 1.82) is 0 Å². The largest absolute Gasteiger partial charge is 0.305 e. The van der Waals surface area contributed by atoms with Crippen LogP contribution in [0.3, 0.4) is 0 Å². The summed E-state index contributed by atoms with van der Waals surface area (Å²) in [6.07, 6.45) is 0. The summed E-state index contributed by atoms with van der Waals surface area (Å²) in [6, 6.07) is 5.49. The van der Waals surface area contributed by atoms with Gasteiger partial charge in [-0.15, -0.1) is 11.3 Å². The van der Waals surface area contributed by atoms with Crippen molar-refractivity contribution in [2.75, 3.05) is 6.54 Å². The second-order valence-electron chi connectivity index (χ2n) is 3.57. The lowest BCUT2D eigenvalue weighted by Gasteiger charge is -2.17. The summed E-state index contributed by atoms with van der Waals surface area (Å²) in [7, 11) is 0. The van der Waals surface area contributed by atoms with E-state index in [1.807, 2.05) is 23.0 Å². The van der Waals surface area contributed by atoms with E-state index in [9.17, 15) is 0 Å². The van der Waals surface area contributed by atoms with Gasteiger partial charge >= 0.3 is 0 Å². The van der Waals surface area contributed by atoms with Crippen molar-refractivity contribution in [1.82, 2.24) is 10.3 Å². The molecular weight excluding hydrogens is 275 g/mol. The Balaban J connectivity index is 2.42. The van der Waals surface area contributed by atoms with E-state index in [0.717, 1.165) is 17.8 Å². The molecule has 2 nitrogen and oxygen atoms in total. The fraction of sp³-hybridized carbons (Fsp3) is 0.250. The predicted molar refractivity (Wildman–Crippen MR) is 74.1 cm³/mol. The van der Waals surface area contributed by atoms with Gasteiger partial charge in [0.15, 0.2) is 0 Å². The van der Waals surface area contributed by atoms with Gasteiger partial charge in [-0.1, -0.05) is 30.1 Å². The topological polar surface area (TPSA) is 24.9 Å². The highest BCUT2D eigenvalue weighted by Crippen LogP contribution is 2.30. The predicted octanol–water partition coefficient (Wildman–Crippen LogP) is 4.15. The number of hydrogen-bond donors (Lipinski definition) is 1. The van der Waals surface area contributed by atoms with E-state index < -0.39 is 0 Å². The second kappa shape index (κ2) is 5.83. The lowest BCUT2D eigenvalue weighted by Crippen LogP contribution is -2.22. The van der Waals surface area contributed by atoms with E-state index in [4.69, 9.17) is 23.2 Å². The Bertz CT molecular complexity index is 485. The molecule has 0 aliphatic heterocycles. The maximum absolute atomic E-state index is 6.22. The Kier molecular flexibility index (Phi) is 4.40. The zero-order valence-corrected chi connectivity index (χ0v) is 11.6. The number of rotatable bonds is 4. The Labute approximate surface area is 115 Å². The fourth-order valence-corrected chi connectivity index (χ4v) is 2.67. The molecule has 1 N–H and O–H groups in total. The van der Waals surface area contributed by atoms with Crippen LogP contribution in [0.25, 0.3) is 0 Å². The molecule has 0 aliphatic carbocycles. The first-order valence-corrected chi connectivity index (χ1v) is 6.98. The highest BCUT2D eigenvalue weighted by Gasteiger charge is 2.18. The van der Waals surface area contributed by atoms with Crippen molar-refractivity contribution in [2.24, 2.45) is 0 Å². The molecule has 5 heteroatoms. The summed E-state index contributed by atoms with van der Waals surface area (Å²) in [4.78, 5) is 4.34. The normalized spacial score (nSPS) is 12.6. The van der Waals surface area contributed by atoms with Crippen molar-refractivity contribution >= 4 is 34.5 Å². The third-order valence-corrected chi connectivity index (χ3v) is 3.61. The van der Waals surface area contributed by atoms with E-state index in [2.05, 4.69) is 17.2 Å². The Morgan fingerprint density at radius 3 is 2.88 bits per heavy atom. The number of halogens is 2. The van der Waals surface area contributed by atoms with Gasteiger partial charge in [0.1, 0.15) is 0 Å². The molecule has 0 amide bonds. The molecule has 17 heavy (non-hydrogen) atoms. The Morgan fingerprint density at radius 2 is 2.24 bits per heavy atom. The van der Waals surface area contributed by atoms with E-state index in [1.54, 1.807) is 17.4 Å². The number of nitrogens with zero attached hydrogens (tertiary/aromatic N) is 1. The molecule has 2 rings (SSSR count). The van der Waals surface area contributed by atoms with Crippen molar-refractivity contribution in [3.63, 3.8) is 0 Å². The number of hydrogen-bond acceptors (Lipinski definition) is 3. The lowest BCUT2D eigenvalue weighted by molar-refractivity contribution is 0.619. The van der Waals surface area contributed by atoms with Gasteiger partial charge in [0, 0.05) is 15.4 Å². The van der Waals surface area contributed by atoms with Crippen LogP contribution in [0.5, 0.6) is 0 Å². The van der Waals surface area contributed by atoms with Gasteiger partial charge in [-0.3, -0.25) is 0 Å². The average molecular weight is 287 g/mol. The molecule has 0 aliphatic rings. The van der Waals surface area contributed by atoms with Crippen LogP contribution in [-0.2, 0) is 0 Å². The zero-order valence-electron chi connectivity index (χ0n) is 9.28. The molecule has 0 saturated heterocycles. The first kappa shape index (κ1) is 12.8. The van der Waals surface area contributed by atoms with E-state index in [0.29, 0.717) is 10.0 Å². The van der Waals surface area contributed by atoms with Gasteiger partial charge in [-0.25, -0.2) is 4.98 Å². The average Bonchev–Trinajstić information content (AvgIpc) is 2.83. The van der Waals surface area contributed by atoms with Crippen LogP contribution in [0.2, 0.25) is 10.0 Å². The monoisotopic (exact) mass is 286 g/mol. The fourth-order valence-electron chi connectivity index (χ4n) is 1.68. The molecule has 90 valence electrons. The third-order valence-electron chi connectivity index (χ3n) is 2.42. The van der Waals surface area contributed by atoms with Crippen LogP contribution < -0.4 is 5.32 Å². The lowest BCUT2D eigenvalue weighted by atomic mass is 10.0. The maximum atomic E-state index is 6.22. The maximum Gasteiger partial charge on any atom is 0.0795 e. The van der Waals surface area contributed by atoms with E-state index >= 15 is 0 Å². The molecule has 1 aromatic carbocycles. The van der Waals surface area contributed by atoms with Gasteiger partial charge in [0.05, 0.1) is 17.2 Å². The molecule has 0 fully saturated rings. The molecule has 1 atom stereocenters. The molecule has 0 saturated carbocycles. The first-order valence-electron chi connectivity index (χ1n) is 5.28. The standard InChI is InChI=1S/C12H12Cl2N2S/c1-2-15-12(11-6-17-7-16-11)9-5-8(13)3-4-10(9)14/h3-7,12,15H,2H2,1H3. The molecule has 0 bridgehead atoms. The number of nitrogens with one attached hydrogen (secondary N) is 1. The van der Waals surface area contributed by atoms with Gasteiger partial charge in [-0.05, 0) is 30.3 Å². The van der Waals surface area contributed by atoms with Crippen LogP contribution in [0.4, 0.5) is 0 Å². The van der Waals surface area contributed by atoms with Crippen molar-refractivity contribution in [3.05, 3.63) is 50.4 Å². The minimum atomic E-state index is -0.00236. The van der Waals surface area contributed by atoms with Gasteiger partial charge < -0.3 is 5.32 Å². The van der Waals surface area contributed by atoms with Crippen LogP contribution in [-0.4, -0.2) is 11.5 Å². The highest BCUT2D eigenvalue weighted by molar-refractivity contribution is 7.07. The third kappa shape index (κ3) is 2.99. The van der Waals surface area contributed by atoms with E-state index in [1.165, 1.54) is 0 Å². The number of thiazole rings is 1. The smallest absolute Gasteiger partial charge is 0.0795 e. The zero-order chi connectivity index (χ0) is 12.3. The molecule has 1 unspecified atom stereocenters. The van der Waals surface area contributed by atoms with Crippen LogP contribution in [0, 0.1) is 0 Å². The Hall–Kier alpha value is -0.610. The van der Waals surface area contributed by atoms with Crippen molar-refractivity contribution in [2.45, 2.75) is 13.0 Å². The summed E-state index contributed by atoms with van der Waals surface area (Å²) in [5.41, 5.74) is 3.76. The minimum Gasteiger partial charge on any atom is -0.305 e. The van der Waals surface area contributed by atoms with E-state index in [-0.39, 0.29) is 6.04 Å². The summed E-state index contributed by atoms with van der Waals surface area (Å²) in [5.74, 6) is 0.